The lowest BCUT2D eigenvalue weighted by atomic mass is 10.2. The van der Waals surface area contributed by atoms with Crippen LogP contribution in [0, 0.1) is 11.3 Å². The van der Waals surface area contributed by atoms with E-state index < -0.39 is 14.7 Å². The van der Waals surface area contributed by atoms with Gasteiger partial charge in [-0.3, -0.25) is 4.79 Å². The first-order valence-electron chi connectivity index (χ1n) is 6.21. The molecule has 0 aliphatic rings. The minimum atomic E-state index is -3.97. The van der Waals surface area contributed by atoms with Crippen molar-refractivity contribution in [3.63, 3.8) is 0 Å². The van der Waals surface area contributed by atoms with Gasteiger partial charge < -0.3 is 9.73 Å². The third kappa shape index (κ3) is 3.42. The molecule has 6 nitrogen and oxygen atoms in total. The quantitative estimate of drug-likeness (QED) is 0.874. The smallest absolute Gasteiger partial charge is 0.249 e. The standard InChI is InChI=1S/C15H12N2O4S/c1-11(18)17-13-6-4-12(5-7-13)9-14(10-16)22(19,20)15-3-2-8-21-15/h2-9H,1H3,(H,17,18). The Balaban J connectivity index is 2.34. The highest BCUT2D eigenvalue weighted by molar-refractivity contribution is 7.95. The van der Waals surface area contributed by atoms with Crippen molar-refractivity contribution in [2.45, 2.75) is 12.0 Å². The van der Waals surface area contributed by atoms with Crippen molar-refractivity contribution in [2.24, 2.45) is 0 Å². The van der Waals surface area contributed by atoms with Crippen molar-refractivity contribution in [3.8, 4) is 6.07 Å². The first-order valence-corrected chi connectivity index (χ1v) is 7.70. The van der Waals surface area contributed by atoms with Crippen LogP contribution < -0.4 is 5.32 Å². The molecular weight excluding hydrogens is 304 g/mol. The zero-order chi connectivity index (χ0) is 16.2. The fourth-order valence-corrected chi connectivity index (χ4v) is 2.78. The molecule has 7 heteroatoms. The highest BCUT2D eigenvalue weighted by atomic mass is 32.2. The number of rotatable bonds is 4. The predicted molar refractivity (Wildman–Crippen MR) is 80.2 cm³/mol. The average Bonchev–Trinajstić information content (AvgIpc) is 3.00. The van der Waals surface area contributed by atoms with Crippen LogP contribution in [-0.4, -0.2) is 14.3 Å². The van der Waals surface area contributed by atoms with Crippen LogP contribution in [0.2, 0.25) is 0 Å². The molecule has 1 amide bonds. The monoisotopic (exact) mass is 316 g/mol. The lowest BCUT2D eigenvalue weighted by molar-refractivity contribution is -0.114. The molecule has 2 rings (SSSR count). The number of carbonyl (C=O) groups is 1. The van der Waals surface area contributed by atoms with Crippen LogP contribution in [0.15, 0.2) is 57.1 Å². The zero-order valence-electron chi connectivity index (χ0n) is 11.6. The van der Waals surface area contributed by atoms with Crippen molar-refractivity contribution >= 4 is 27.5 Å². The van der Waals surface area contributed by atoms with Crippen molar-refractivity contribution in [3.05, 3.63) is 53.1 Å². The fraction of sp³-hybridized carbons (Fsp3) is 0.0667. The first kappa shape index (κ1) is 15.5. The van der Waals surface area contributed by atoms with Crippen LogP contribution in [-0.2, 0) is 14.6 Å². The Kier molecular flexibility index (Phi) is 4.44. The lowest BCUT2D eigenvalue weighted by Crippen LogP contribution is -2.05. The topological polar surface area (TPSA) is 100 Å². The molecule has 0 radical (unpaired) electrons. The van der Waals surface area contributed by atoms with Crippen molar-refractivity contribution in [2.75, 3.05) is 5.32 Å². The van der Waals surface area contributed by atoms with E-state index in [0.29, 0.717) is 11.3 Å². The summed E-state index contributed by atoms with van der Waals surface area (Å²) in [6, 6.07) is 10.8. The van der Waals surface area contributed by atoms with E-state index in [-0.39, 0.29) is 11.0 Å². The summed E-state index contributed by atoms with van der Waals surface area (Å²) in [7, 11) is -3.97. The van der Waals surface area contributed by atoms with Gasteiger partial charge >= 0.3 is 0 Å². The number of nitriles is 1. The molecule has 1 heterocycles. The maximum Gasteiger partial charge on any atom is 0.249 e. The number of anilines is 1. The van der Waals surface area contributed by atoms with Gasteiger partial charge in [0.05, 0.1) is 6.26 Å². The van der Waals surface area contributed by atoms with Crippen LogP contribution >= 0.6 is 0 Å². The van der Waals surface area contributed by atoms with Crippen molar-refractivity contribution in [1.29, 1.82) is 5.26 Å². The molecule has 0 atom stereocenters. The summed E-state index contributed by atoms with van der Waals surface area (Å²) < 4.78 is 29.3. The van der Waals surface area contributed by atoms with E-state index in [0.717, 1.165) is 0 Å². The van der Waals surface area contributed by atoms with Gasteiger partial charge in [-0.15, -0.1) is 0 Å². The van der Waals surface area contributed by atoms with E-state index in [9.17, 15) is 13.2 Å². The maximum atomic E-state index is 12.2. The molecule has 1 N–H and O–H groups in total. The third-order valence-electron chi connectivity index (χ3n) is 2.69. The molecule has 0 unspecified atom stereocenters. The number of amides is 1. The van der Waals surface area contributed by atoms with Gasteiger partial charge in [-0.2, -0.15) is 5.26 Å². The Morgan fingerprint density at radius 1 is 1.27 bits per heavy atom. The van der Waals surface area contributed by atoms with Crippen LogP contribution in [0.5, 0.6) is 0 Å². The fourth-order valence-electron chi connectivity index (χ4n) is 1.71. The van der Waals surface area contributed by atoms with Crippen LogP contribution in [0.4, 0.5) is 5.69 Å². The summed E-state index contributed by atoms with van der Waals surface area (Å²) in [5.41, 5.74) is 1.10. The summed E-state index contributed by atoms with van der Waals surface area (Å²) in [5.74, 6) is -0.207. The van der Waals surface area contributed by atoms with Gasteiger partial charge in [-0.25, -0.2) is 8.42 Å². The molecule has 0 saturated heterocycles. The lowest BCUT2D eigenvalue weighted by Gasteiger charge is -2.03. The Bertz CT molecular complexity index is 842. The van der Waals surface area contributed by atoms with Gasteiger partial charge in [0.25, 0.3) is 0 Å². The van der Waals surface area contributed by atoms with E-state index in [1.54, 1.807) is 30.3 Å². The third-order valence-corrected chi connectivity index (χ3v) is 4.24. The summed E-state index contributed by atoms with van der Waals surface area (Å²) in [5, 5.41) is 11.4. The van der Waals surface area contributed by atoms with Crippen molar-refractivity contribution in [1.82, 2.24) is 0 Å². The summed E-state index contributed by atoms with van der Waals surface area (Å²) in [4.78, 5) is 10.5. The molecule has 112 valence electrons. The number of nitrogens with one attached hydrogen (secondary N) is 1. The second-order valence-corrected chi connectivity index (χ2v) is 6.21. The van der Waals surface area contributed by atoms with E-state index in [2.05, 4.69) is 5.32 Å². The molecule has 1 aromatic heterocycles. The minimum Gasteiger partial charge on any atom is -0.453 e. The molecule has 2 aromatic rings. The van der Waals surface area contributed by atoms with Gasteiger partial charge in [-0.05, 0) is 35.9 Å². The number of hydrogen-bond acceptors (Lipinski definition) is 5. The first-order chi connectivity index (χ1) is 10.4. The molecule has 1 aromatic carbocycles. The van der Waals surface area contributed by atoms with Crippen LogP contribution in [0.3, 0.4) is 0 Å². The molecule has 22 heavy (non-hydrogen) atoms. The largest absolute Gasteiger partial charge is 0.453 e. The van der Waals surface area contributed by atoms with E-state index in [1.807, 2.05) is 0 Å². The van der Waals surface area contributed by atoms with Crippen LogP contribution in [0.1, 0.15) is 12.5 Å². The number of furan rings is 1. The molecule has 0 saturated carbocycles. The number of sulfone groups is 1. The highest BCUT2D eigenvalue weighted by Gasteiger charge is 2.23. The Hall–Kier alpha value is -2.85. The number of allylic oxidation sites excluding steroid dienone is 1. The van der Waals surface area contributed by atoms with Crippen LogP contribution in [0.25, 0.3) is 6.08 Å². The summed E-state index contributed by atoms with van der Waals surface area (Å²) in [6.45, 7) is 1.39. The average molecular weight is 316 g/mol. The van der Waals surface area contributed by atoms with Gasteiger partial charge in [0.15, 0.2) is 4.91 Å². The normalized spacial score (nSPS) is 11.7. The summed E-state index contributed by atoms with van der Waals surface area (Å²) in [6.07, 6.45) is 2.47. The van der Waals surface area contributed by atoms with Gasteiger partial charge in [-0.1, -0.05) is 12.1 Å². The number of nitrogens with zero attached hydrogens (tertiary/aromatic N) is 1. The zero-order valence-corrected chi connectivity index (χ0v) is 12.4. The Morgan fingerprint density at radius 3 is 2.45 bits per heavy atom. The maximum absolute atomic E-state index is 12.2. The second kappa shape index (κ2) is 6.28. The molecule has 0 spiro atoms. The molecule has 0 aliphatic heterocycles. The van der Waals surface area contributed by atoms with E-state index >= 15 is 0 Å². The number of hydrogen-bond donors (Lipinski definition) is 1. The molecule has 0 fully saturated rings. The second-order valence-electron chi connectivity index (χ2n) is 4.36. The van der Waals surface area contributed by atoms with E-state index in [1.165, 1.54) is 31.4 Å². The molecule has 0 bridgehead atoms. The van der Waals surface area contributed by atoms with E-state index in [4.69, 9.17) is 9.68 Å². The minimum absolute atomic E-state index is 0.207. The SMILES string of the molecule is CC(=O)Nc1ccc(C=C(C#N)S(=O)(=O)c2ccco2)cc1. The summed E-state index contributed by atoms with van der Waals surface area (Å²) >= 11 is 0. The molecular formula is C15H12N2O4S. The van der Waals surface area contributed by atoms with Gasteiger partial charge in [0.2, 0.25) is 20.8 Å². The Morgan fingerprint density at radius 2 is 1.95 bits per heavy atom. The molecule has 0 aliphatic carbocycles. The predicted octanol–water partition coefficient (Wildman–Crippen LogP) is 2.58. The highest BCUT2D eigenvalue weighted by Crippen LogP contribution is 2.22. The number of benzene rings is 1. The Labute approximate surface area is 127 Å². The van der Waals surface area contributed by atoms with Gasteiger partial charge in [0.1, 0.15) is 6.07 Å². The number of carbonyl (C=O) groups excluding carboxylic acids is 1. The van der Waals surface area contributed by atoms with Gasteiger partial charge in [0, 0.05) is 12.6 Å². The van der Waals surface area contributed by atoms with Crippen molar-refractivity contribution < 1.29 is 17.6 Å².